The van der Waals surface area contributed by atoms with Gasteiger partial charge in [0.1, 0.15) is 6.04 Å². The maximum absolute atomic E-state index is 11.6. The largest absolute Gasteiger partial charge is 0.480 e. The van der Waals surface area contributed by atoms with Crippen molar-refractivity contribution in [2.24, 2.45) is 0 Å². The van der Waals surface area contributed by atoms with Crippen molar-refractivity contribution in [1.29, 1.82) is 5.26 Å². The highest BCUT2D eigenvalue weighted by atomic mass is 32.2. The van der Waals surface area contributed by atoms with Gasteiger partial charge in [-0.15, -0.1) is 0 Å². The number of aromatic amines is 1. The van der Waals surface area contributed by atoms with Crippen molar-refractivity contribution in [3.05, 3.63) is 18.2 Å². The van der Waals surface area contributed by atoms with Crippen molar-refractivity contribution in [3.63, 3.8) is 0 Å². The lowest BCUT2D eigenvalue weighted by atomic mass is 10.2. The molecule has 98 valence electrons. The summed E-state index contributed by atoms with van der Waals surface area (Å²) in [5.41, 5.74) is 0.481. The first kappa shape index (κ1) is 14.1. The van der Waals surface area contributed by atoms with Crippen molar-refractivity contribution < 1.29 is 18.3 Å². The summed E-state index contributed by atoms with van der Waals surface area (Å²) in [4.78, 5) is 17.4. The molecule has 0 aliphatic carbocycles. The molecule has 0 spiro atoms. The van der Waals surface area contributed by atoms with Gasteiger partial charge in [-0.2, -0.15) is 9.98 Å². The molecule has 18 heavy (non-hydrogen) atoms. The fourth-order valence-electron chi connectivity index (χ4n) is 1.17. The number of rotatable bonds is 6. The van der Waals surface area contributed by atoms with Crippen molar-refractivity contribution in [2.45, 2.75) is 24.6 Å². The second-order valence-electron chi connectivity index (χ2n) is 3.61. The lowest BCUT2D eigenvalue weighted by Crippen LogP contribution is -2.45. The molecule has 2 atom stereocenters. The van der Waals surface area contributed by atoms with Crippen LogP contribution in [-0.2, 0) is 21.2 Å². The predicted molar refractivity (Wildman–Crippen MR) is 60.8 cm³/mol. The number of aromatic nitrogens is 2. The van der Waals surface area contributed by atoms with Gasteiger partial charge in [0.05, 0.1) is 12.4 Å². The number of nitrogens with one attached hydrogen (secondary N) is 2. The highest BCUT2D eigenvalue weighted by Gasteiger charge is 2.28. The molecule has 8 nitrogen and oxygen atoms in total. The van der Waals surface area contributed by atoms with E-state index < -0.39 is 27.3 Å². The summed E-state index contributed by atoms with van der Waals surface area (Å²) in [5.74, 6) is -1.32. The van der Waals surface area contributed by atoms with Gasteiger partial charge in [0.25, 0.3) is 0 Å². The van der Waals surface area contributed by atoms with Crippen molar-refractivity contribution >= 4 is 16.0 Å². The Morgan fingerprint density at radius 1 is 1.72 bits per heavy atom. The summed E-state index contributed by atoms with van der Waals surface area (Å²) in [7, 11) is -3.98. The molecule has 0 amide bonds. The van der Waals surface area contributed by atoms with Gasteiger partial charge in [-0.25, -0.2) is 13.4 Å². The van der Waals surface area contributed by atoms with Gasteiger partial charge < -0.3 is 10.1 Å². The molecule has 1 heterocycles. The number of carboxylic acid groups (broad SMARTS) is 1. The van der Waals surface area contributed by atoms with Crippen molar-refractivity contribution in [3.8, 4) is 6.07 Å². The predicted octanol–water partition coefficient (Wildman–Crippen LogP) is -0.763. The highest BCUT2D eigenvalue weighted by Crippen LogP contribution is 2.04. The minimum Gasteiger partial charge on any atom is -0.480 e. The fraction of sp³-hybridized carbons (Fsp3) is 0.444. The van der Waals surface area contributed by atoms with Crippen LogP contribution in [0.2, 0.25) is 0 Å². The van der Waals surface area contributed by atoms with E-state index >= 15 is 0 Å². The van der Waals surface area contributed by atoms with Gasteiger partial charge in [-0.1, -0.05) is 0 Å². The Bertz CT molecular complexity index is 546. The number of imidazole rings is 1. The fourth-order valence-corrected chi connectivity index (χ4v) is 2.09. The average Bonchev–Trinajstić information content (AvgIpc) is 2.79. The number of carbonyl (C=O) groups is 1. The number of nitrogens with zero attached hydrogens (tertiary/aromatic N) is 2. The lowest BCUT2D eigenvalue weighted by Gasteiger charge is -2.14. The zero-order valence-electron chi connectivity index (χ0n) is 9.49. The molecule has 0 aliphatic heterocycles. The topological polar surface area (TPSA) is 136 Å². The molecule has 1 rings (SSSR count). The van der Waals surface area contributed by atoms with Crippen LogP contribution in [0.25, 0.3) is 0 Å². The van der Waals surface area contributed by atoms with Crippen LogP contribution in [0.15, 0.2) is 12.5 Å². The smallest absolute Gasteiger partial charge is 0.322 e. The van der Waals surface area contributed by atoms with E-state index in [0.29, 0.717) is 5.69 Å². The Labute approximate surface area is 104 Å². The SMILES string of the molecule is CC(C#N)S(=O)(=O)N[C@H](Cc1cnc[nH]1)C(=O)O. The molecule has 0 aliphatic rings. The third-order valence-electron chi connectivity index (χ3n) is 2.23. The molecule has 0 saturated heterocycles. The Morgan fingerprint density at radius 3 is 2.83 bits per heavy atom. The van der Waals surface area contributed by atoms with Gasteiger partial charge in [0.15, 0.2) is 5.25 Å². The zero-order chi connectivity index (χ0) is 13.8. The van der Waals surface area contributed by atoms with E-state index in [9.17, 15) is 13.2 Å². The average molecular weight is 272 g/mol. The third-order valence-corrected chi connectivity index (χ3v) is 3.88. The first-order valence-corrected chi connectivity index (χ1v) is 6.52. The van der Waals surface area contributed by atoms with Crippen molar-refractivity contribution in [1.82, 2.24) is 14.7 Å². The molecule has 0 saturated carbocycles. The van der Waals surface area contributed by atoms with E-state index in [1.165, 1.54) is 19.4 Å². The number of hydrogen-bond acceptors (Lipinski definition) is 5. The Balaban J connectivity index is 2.83. The Kier molecular flexibility index (Phi) is 4.41. The van der Waals surface area contributed by atoms with Crippen LogP contribution in [0, 0.1) is 11.3 Å². The van der Waals surface area contributed by atoms with E-state index in [4.69, 9.17) is 10.4 Å². The minimum absolute atomic E-state index is 0.0767. The van der Waals surface area contributed by atoms with Crippen LogP contribution in [-0.4, -0.2) is 40.8 Å². The highest BCUT2D eigenvalue weighted by molar-refractivity contribution is 7.90. The second-order valence-corrected chi connectivity index (χ2v) is 5.64. The first-order chi connectivity index (χ1) is 8.36. The number of carboxylic acids is 1. The number of aliphatic carboxylic acids is 1. The molecular weight excluding hydrogens is 260 g/mol. The molecule has 0 bridgehead atoms. The summed E-state index contributed by atoms with van der Waals surface area (Å²) in [6.07, 6.45) is 2.69. The number of hydrogen-bond donors (Lipinski definition) is 3. The standard InChI is InChI=1S/C9H12N4O4S/c1-6(3-10)18(16,17)13-8(9(14)15)2-7-4-11-5-12-7/h4-6,8,13H,2H2,1H3,(H,11,12)(H,14,15)/t6?,8-/m1/s1. The van der Waals surface area contributed by atoms with Crippen LogP contribution in [0.1, 0.15) is 12.6 Å². The van der Waals surface area contributed by atoms with E-state index in [2.05, 4.69) is 9.97 Å². The molecule has 1 aromatic heterocycles. The summed E-state index contributed by atoms with van der Waals surface area (Å²) < 4.78 is 25.1. The Morgan fingerprint density at radius 2 is 2.39 bits per heavy atom. The normalized spacial score (nSPS) is 14.7. The van der Waals surface area contributed by atoms with Crippen molar-refractivity contribution in [2.75, 3.05) is 0 Å². The lowest BCUT2D eigenvalue weighted by molar-refractivity contribution is -0.138. The van der Waals surface area contributed by atoms with Crippen LogP contribution >= 0.6 is 0 Å². The van der Waals surface area contributed by atoms with Crippen LogP contribution in [0.5, 0.6) is 0 Å². The second kappa shape index (κ2) is 5.61. The molecule has 1 unspecified atom stereocenters. The zero-order valence-corrected chi connectivity index (χ0v) is 10.3. The van der Waals surface area contributed by atoms with E-state index in [1.807, 2.05) is 4.72 Å². The minimum atomic E-state index is -3.98. The number of H-pyrrole nitrogens is 1. The monoisotopic (exact) mass is 272 g/mol. The first-order valence-electron chi connectivity index (χ1n) is 4.97. The number of nitriles is 1. The molecule has 1 aromatic rings. The molecule has 9 heteroatoms. The van der Waals surface area contributed by atoms with Gasteiger partial charge in [-0.05, 0) is 6.92 Å². The molecule has 0 fully saturated rings. The van der Waals surface area contributed by atoms with Gasteiger partial charge >= 0.3 is 5.97 Å². The van der Waals surface area contributed by atoms with Crippen LogP contribution in [0.4, 0.5) is 0 Å². The summed E-state index contributed by atoms with van der Waals surface area (Å²) in [6.45, 7) is 1.18. The van der Waals surface area contributed by atoms with Crippen LogP contribution in [0.3, 0.4) is 0 Å². The van der Waals surface area contributed by atoms with E-state index in [0.717, 1.165) is 0 Å². The molecule has 0 radical (unpaired) electrons. The maximum atomic E-state index is 11.6. The number of sulfonamides is 1. The summed E-state index contributed by atoms with van der Waals surface area (Å²) in [5, 5.41) is 16.2. The van der Waals surface area contributed by atoms with E-state index in [-0.39, 0.29) is 6.42 Å². The summed E-state index contributed by atoms with van der Waals surface area (Å²) in [6, 6.07) is 0.203. The maximum Gasteiger partial charge on any atom is 0.322 e. The van der Waals surface area contributed by atoms with E-state index in [1.54, 1.807) is 6.07 Å². The quantitative estimate of drug-likeness (QED) is 0.622. The molecular formula is C9H12N4O4S. The van der Waals surface area contributed by atoms with Gasteiger partial charge in [0.2, 0.25) is 10.0 Å². The van der Waals surface area contributed by atoms with Gasteiger partial charge in [0, 0.05) is 18.3 Å². The summed E-state index contributed by atoms with van der Waals surface area (Å²) >= 11 is 0. The van der Waals surface area contributed by atoms with Crippen LogP contribution < -0.4 is 4.72 Å². The molecule has 0 aromatic carbocycles. The third kappa shape index (κ3) is 3.54. The van der Waals surface area contributed by atoms with Gasteiger partial charge in [-0.3, -0.25) is 4.79 Å². The Hall–Kier alpha value is -1.92. The molecule has 3 N–H and O–H groups in total.